The normalized spacial score (nSPS) is 26.1. The van der Waals surface area contributed by atoms with Crippen molar-refractivity contribution in [2.75, 3.05) is 13.6 Å². The van der Waals surface area contributed by atoms with Crippen molar-refractivity contribution in [1.82, 2.24) is 10.2 Å². The SMILES string of the molecule is CN(CC(=O)NC1CC1)[C@H]1C[C@@H]1c1ccccc1. The third kappa shape index (κ3) is 2.72. The van der Waals surface area contributed by atoms with Crippen molar-refractivity contribution < 1.29 is 4.79 Å². The first kappa shape index (κ1) is 11.7. The molecular weight excluding hydrogens is 224 g/mol. The average molecular weight is 244 g/mol. The second-order valence-corrected chi connectivity index (χ2v) is 5.58. The van der Waals surface area contributed by atoms with Crippen molar-refractivity contribution in [3.63, 3.8) is 0 Å². The predicted octanol–water partition coefficient (Wildman–Crippen LogP) is 1.75. The van der Waals surface area contributed by atoms with Gasteiger partial charge in [0.05, 0.1) is 6.54 Å². The Morgan fingerprint density at radius 3 is 2.72 bits per heavy atom. The third-order valence-electron chi connectivity index (χ3n) is 3.89. The molecular formula is C15H20N2O. The van der Waals surface area contributed by atoms with Crippen LogP contribution < -0.4 is 5.32 Å². The molecule has 2 atom stereocenters. The molecule has 1 aromatic carbocycles. The Balaban J connectivity index is 1.49. The minimum atomic E-state index is 0.179. The van der Waals surface area contributed by atoms with E-state index in [2.05, 4.69) is 41.5 Å². The fourth-order valence-corrected chi connectivity index (χ4v) is 2.57. The van der Waals surface area contributed by atoms with Crippen molar-refractivity contribution in [2.45, 2.75) is 37.3 Å². The number of likely N-dealkylation sites (N-methyl/N-ethyl adjacent to an activating group) is 1. The van der Waals surface area contributed by atoms with Crippen LogP contribution >= 0.6 is 0 Å². The minimum absolute atomic E-state index is 0.179. The standard InChI is InChI=1S/C15H20N2O/c1-17(10-15(18)16-12-7-8-12)14-9-13(14)11-5-3-2-4-6-11/h2-6,12-14H,7-10H2,1H3,(H,16,18)/t13-,14+/m1/s1. The summed E-state index contributed by atoms with van der Waals surface area (Å²) in [6, 6.07) is 11.6. The van der Waals surface area contributed by atoms with E-state index >= 15 is 0 Å². The highest BCUT2D eigenvalue weighted by Crippen LogP contribution is 2.43. The largest absolute Gasteiger partial charge is 0.352 e. The lowest BCUT2D eigenvalue weighted by molar-refractivity contribution is -0.122. The monoisotopic (exact) mass is 244 g/mol. The predicted molar refractivity (Wildman–Crippen MR) is 71.4 cm³/mol. The number of carbonyl (C=O) groups excluding carboxylic acids is 1. The second kappa shape index (κ2) is 4.73. The molecule has 2 fully saturated rings. The number of hydrogen-bond acceptors (Lipinski definition) is 2. The average Bonchev–Trinajstić information content (AvgIpc) is 3.24. The summed E-state index contributed by atoms with van der Waals surface area (Å²) in [4.78, 5) is 13.9. The number of rotatable bonds is 5. The van der Waals surface area contributed by atoms with E-state index in [1.54, 1.807) is 0 Å². The molecule has 96 valence electrons. The van der Waals surface area contributed by atoms with Crippen LogP contribution in [0, 0.1) is 0 Å². The fraction of sp³-hybridized carbons (Fsp3) is 0.533. The van der Waals surface area contributed by atoms with E-state index in [-0.39, 0.29) is 5.91 Å². The van der Waals surface area contributed by atoms with Crippen molar-refractivity contribution in [1.29, 1.82) is 0 Å². The molecule has 3 rings (SSSR count). The van der Waals surface area contributed by atoms with Gasteiger partial charge in [-0.2, -0.15) is 0 Å². The number of hydrogen-bond donors (Lipinski definition) is 1. The Bertz CT molecular complexity index is 427. The molecule has 3 nitrogen and oxygen atoms in total. The molecule has 18 heavy (non-hydrogen) atoms. The highest BCUT2D eigenvalue weighted by Gasteiger charge is 2.41. The van der Waals surface area contributed by atoms with Crippen LogP contribution in [0.4, 0.5) is 0 Å². The molecule has 0 heterocycles. The van der Waals surface area contributed by atoms with Gasteiger partial charge in [-0.05, 0) is 31.9 Å². The number of benzene rings is 1. The summed E-state index contributed by atoms with van der Waals surface area (Å²) in [5.41, 5.74) is 1.40. The number of nitrogens with one attached hydrogen (secondary N) is 1. The van der Waals surface area contributed by atoms with Crippen LogP contribution in [0.3, 0.4) is 0 Å². The molecule has 0 radical (unpaired) electrons. The summed E-state index contributed by atoms with van der Waals surface area (Å²) in [7, 11) is 2.06. The van der Waals surface area contributed by atoms with E-state index in [0.717, 1.165) is 12.8 Å². The summed E-state index contributed by atoms with van der Waals surface area (Å²) in [6.07, 6.45) is 3.49. The third-order valence-corrected chi connectivity index (χ3v) is 3.89. The van der Waals surface area contributed by atoms with Crippen LogP contribution in [-0.4, -0.2) is 36.5 Å². The smallest absolute Gasteiger partial charge is 0.234 e. The van der Waals surface area contributed by atoms with Crippen LogP contribution in [0.1, 0.15) is 30.7 Å². The Morgan fingerprint density at radius 2 is 2.06 bits per heavy atom. The van der Waals surface area contributed by atoms with Gasteiger partial charge in [-0.1, -0.05) is 30.3 Å². The van der Waals surface area contributed by atoms with Gasteiger partial charge in [-0.3, -0.25) is 9.69 Å². The molecule has 2 saturated carbocycles. The van der Waals surface area contributed by atoms with Crippen molar-refractivity contribution in [3.8, 4) is 0 Å². The Labute approximate surface area is 108 Å². The Morgan fingerprint density at radius 1 is 1.33 bits per heavy atom. The molecule has 0 aliphatic heterocycles. The highest BCUT2D eigenvalue weighted by atomic mass is 16.2. The van der Waals surface area contributed by atoms with E-state index < -0.39 is 0 Å². The van der Waals surface area contributed by atoms with Gasteiger partial charge in [0.1, 0.15) is 0 Å². The fourth-order valence-electron chi connectivity index (χ4n) is 2.57. The summed E-state index contributed by atoms with van der Waals surface area (Å²) in [5, 5.41) is 3.04. The van der Waals surface area contributed by atoms with Crippen LogP contribution in [0.25, 0.3) is 0 Å². The van der Waals surface area contributed by atoms with E-state index in [9.17, 15) is 4.79 Å². The Hall–Kier alpha value is -1.35. The summed E-state index contributed by atoms with van der Waals surface area (Å²) < 4.78 is 0. The molecule has 3 heteroatoms. The Kier molecular flexibility index (Phi) is 3.08. The maximum absolute atomic E-state index is 11.7. The molecule has 2 aliphatic rings. The van der Waals surface area contributed by atoms with Crippen molar-refractivity contribution in [2.24, 2.45) is 0 Å². The van der Waals surface area contributed by atoms with Crippen LogP contribution in [-0.2, 0) is 4.79 Å². The van der Waals surface area contributed by atoms with Crippen LogP contribution in [0.2, 0.25) is 0 Å². The highest BCUT2D eigenvalue weighted by molar-refractivity contribution is 5.78. The number of carbonyl (C=O) groups is 1. The molecule has 0 unspecified atom stereocenters. The summed E-state index contributed by atoms with van der Waals surface area (Å²) in [6.45, 7) is 0.532. The van der Waals surface area contributed by atoms with Gasteiger partial charge in [0.15, 0.2) is 0 Å². The zero-order valence-electron chi connectivity index (χ0n) is 10.8. The van der Waals surface area contributed by atoms with E-state index in [1.165, 1.54) is 12.0 Å². The molecule has 1 aromatic rings. The molecule has 0 spiro atoms. The van der Waals surface area contributed by atoms with E-state index in [4.69, 9.17) is 0 Å². The lowest BCUT2D eigenvalue weighted by Crippen LogP contribution is -2.37. The first-order valence-electron chi connectivity index (χ1n) is 6.78. The second-order valence-electron chi connectivity index (χ2n) is 5.58. The van der Waals surface area contributed by atoms with Crippen molar-refractivity contribution in [3.05, 3.63) is 35.9 Å². The zero-order chi connectivity index (χ0) is 12.5. The van der Waals surface area contributed by atoms with Gasteiger partial charge >= 0.3 is 0 Å². The van der Waals surface area contributed by atoms with Gasteiger partial charge in [0.2, 0.25) is 5.91 Å². The van der Waals surface area contributed by atoms with Gasteiger partial charge in [-0.15, -0.1) is 0 Å². The van der Waals surface area contributed by atoms with E-state index in [0.29, 0.717) is 24.5 Å². The van der Waals surface area contributed by atoms with Crippen molar-refractivity contribution >= 4 is 5.91 Å². The molecule has 0 aromatic heterocycles. The van der Waals surface area contributed by atoms with E-state index in [1.807, 2.05) is 6.07 Å². The van der Waals surface area contributed by atoms with Gasteiger partial charge in [-0.25, -0.2) is 0 Å². The first-order valence-corrected chi connectivity index (χ1v) is 6.78. The van der Waals surface area contributed by atoms with Gasteiger partial charge < -0.3 is 5.32 Å². The summed E-state index contributed by atoms with van der Waals surface area (Å²) >= 11 is 0. The lowest BCUT2D eigenvalue weighted by Gasteiger charge is -2.16. The molecule has 0 saturated heterocycles. The summed E-state index contributed by atoms with van der Waals surface area (Å²) in [5.74, 6) is 0.795. The molecule has 0 bridgehead atoms. The zero-order valence-corrected chi connectivity index (χ0v) is 10.8. The lowest BCUT2D eigenvalue weighted by atomic mass is 10.1. The van der Waals surface area contributed by atoms with Crippen LogP contribution in [0.15, 0.2) is 30.3 Å². The maximum atomic E-state index is 11.7. The first-order chi connectivity index (χ1) is 8.74. The molecule has 2 aliphatic carbocycles. The quantitative estimate of drug-likeness (QED) is 0.856. The minimum Gasteiger partial charge on any atom is -0.352 e. The number of nitrogens with zero attached hydrogens (tertiary/aromatic N) is 1. The molecule has 1 N–H and O–H groups in total. The number of amides is 1. The van der Waals surface area contributed by atoms with Gasteiger partial charge in [0.25, 0.3) is 0 Å². The topological polar surface area (TPSA) is 32.3 Å². The van der Waals surface area contributed by atoms with Gasteiger partial charge in [0, 0.05) is 18.0 Å². The maximum Gasteiger partial charge on any atom is 0.234 e. The van der Waals surface area contributed by atoms with Crippen LogP contribution in [0.5, 0.6) is 0 Å². The molecule has 1 amide bonds.